The van der Waals surface area contributed by atoms with E-state index in [1.165, 1.54) is 20.3 Å². The van der Waals surface area contributed by atoms with E-state index in [4.69, 9.17) is 16.0 Å². The molecule has 134 valence electrons. The molecule has 26 heavy (non-hydrogen) atoms. The van der Waals surface area contributed by atoms with Gasteiger partial charge in [-0.05, 0) is 48.0 Å². The van der Waals surface area contributed by atoms with Crippen molar-refractivity contribution in [3.05, 3.63) is 59.2 Å². The molecule has 0 aliphatic rings. The standard InChI is InChI=1S/C19H18N2O5/c1-4-13-5-7-16(8-6-13)20-19(23)21-17-10-14(12-26-25-3)9-15(11-17)18(22)24-2/h1,5-11H,12H2,2-3H3,(H2,20,21,23). The molecule has 0 spiro atoms. The maximum atomic E-state index is 12.2. The Balaban J connectivity index is 2.13. The van der Waals surface area contributed by atoms with Crippen LogP contribution in [-0.2, 0) is 21.1 Å². The highest BCUT2D eigenvalue weighted by atomic mass is 17.2. The first-order valence-electron chi connectivity index (χ1n) is 7.58. The van der Waals surface area contributed by atoms with E-state index in [1.807, 2.05) is 0 Å². The van der Waals surface area contributed by atoms with E-state index in [-0.39, 0.29) is 12.2 Å². The second-order valence-corrected chi connectivity index (χ2v) is 5.14. The Labute approximate surface area is 151 Å². The van der Waals surface area contributed by atoms with Crippen molar-refractivity contribution in [2.75, 3.05) is 24.9 Å². The van der Waals surface area contributed by atoms with Gasteiger partial charge in [-0.15, -0.1) is 6.42 Å². The lowest BCUT2D eigenvalue weighted by Crippen LogP contribution is -2.20. The number of methoxy groups -OCH3 is 1. The Kier molecular flexibility index (Phi) is 6.74. The monoisotopic (exact) mass is 354 g/mol. The predicted octanol–water partition coefficient (Wildman–Crippen LogP) is 3.18. The molecule has 0 unspecified atom stereocenters. The summed E-state index contributed by atoms with van der Waals surface area (Å²) in [5.41, 5.74) is 2.60. The summed E-state index contributed by atoms with van der Waals surface area (Å²) in [6, 6.07) is 11.1. The van der Waals surface area contributed by atoms with Crippen LogP contribution in [0.4, 0.5) is 16.2 Å². The predicted molar refractivity (Wildman–Crippen MR) is 96.6 cm³/mol. The van der Waals surface area contributed by atoms with Crippen molar-refractivity contribution in [3.63, 3.8) is 0 Å². The Morgan fingerprint density at radius 2 is 1.73 bits per heavy atom. The molecule has 2 amide bonds. The molecule has 0 aromatic heterocycles. The van der Waals surface area contributed by atoms with E-state index in [0.717, 1.165) is 0 Å². The van der Waals surface area contributed by atoms with E-state index >= 15 is 0 Å². The van der Waals surface area contributed by atoms with Crippen LogP contribution in [0.2, 0.25) is 0 Å². The van der Waals surface area contributed by atoms with Crippen molar-refractivity contribution in [2.45, 2.75) is 6.61 Å². The number of rotatable bonds is 6. The number of hydrogen-bond donors (Lipinski definition) is 2. The molecule has 0 heterocycles. The second kappa shape index (κ2) is 9.22. The average Bonchev–Trinajstić information content (AvgIpc) is 2.66. The average molecular weight is 354 g/mol. The Hall–Kier alpha value is -3.34. The summed E-state index contributed by atoms with van der Waals surface area (Å²) in [7, 11) is 2.66. The lowest BCUT2D eigenvalue weighted by molar-refractivity contribution is -0.282. The lowest BCUT2D eigenvalue weighted by atomic mass is 10.1. The van der Waals surface area contributed by atoms with Crippen LogP contribution in [-0.4, -0.2) is 26.2 Å². The van der Waals surface area contributed by atoms with Crippen molar-refractivity contribution in [2.24, 2.45) is 0 Å². The van der Waals surface area contributed by atoms with E-state index in [9.17, 15) is 9.59 Å². The molecule has 7 nitrogen and oxygen atoms in total. The quantitative estimate of drug-likeness (QED) is 0.360. The van der Waals surface area contributed by atoms with Crippen LogP contribution in [0.3, 0.4) is 0 Å². The maximum Gasteiger partial charge on any atom is 0.337 e. The van der Waals surface area contributed by atoms with Gasteiger partial charge in [0.1, 0.15) is 6.61 Å². The molecule has 0 saturated carbocycles. The molecule has 7 heteroatoms. The zero-order chi connectivity index (χ0) is 18.9. The summed E-state index contributed by atoms with van der Waals surface area (Å²) in [4.78, 5) is 33.4. The lowest BCUT2D eigenvalue weighted by Gasteiger charge is -2.11. The minimum atomic E-state index is -0.530. The minimum Gasteiger partial charge on any atom is -0.465 e. The van der Waals surface area contributed by atoms with Crippen LogP contribution >= 0.6 is 0 Å². The van der Waals surface area contributed by atoms with Crippen molar-refractivity contribution in [3.8, 4) is 12.3 Å². The molecular weight excluding hydrogens is 336 g/mol. The van der Waals surface area contributed by atoms with E-state index in [0.29, 0.717) is 22.5 Å². The van der Waals surface area contributed by atoms with Gasteiger partial charge < -0.3 is 15.4 Å². The summed E-state index contributed by atoms with van der Waals surface area (Å²) in [6.45, 7) is 0.102. The van der Waals surface area contributed by atoms with E-state index in [1.54, 1.807) is 36.4 Å². The molecule has 0 aliphatic heterocycles. The van der Waals surface area contributed by atoms with Crippen LogP contribution in [0.5, 0.6) is 0 Å². The smallest absolute Gasteiger partial charge is 0.337 e. The van der Waals surface area contributed by atoms with Crippen molar-refractivity contribution < 1.29 is 24.1 Å². The van der Waals surface area contributed by atoms with Crippen LogP contribution in [0.1, 0.15) is 21.5 Å². The topological polar surface area (TPSA) is 85.9 Å². The zero-order valence-electron chi connectivity index (χ0n) is 14.4. The molecule has 2 aromatic carbocycles. The van der Waals surface area contributed by atoms with Crippen LogP contribution in [0.25, 0.3) is 0 Å². The second-order valence-electron chi connectivity index (χ2n) is 5.14. The van der Waals surface area contributed by atoms with Crippen molar-refractivity contribution in [1.82, 2.24) is 0 Å². The highest BCUT2D eigenvalue weighted by Crippen LogP contribution is 2.18. The highest BCUT2D eigenvalue weighted by Gasteiger charge is 2.11. The van der Waals surface area contributed by atoms with Gasteiger partial charge in [-0.1, -0.05) is 5.92 Å². The third-order valence-corrected chi connectivity index (χ3v) is 3.32. The third kappa shape index (κ3) is 5.34. The number of esters is 1. The molecule has 2 aromatic rings. The van der Waals surface area contributed by atoms with Crippen molar-refractivity contribution >= 4 is 23.4 Å². The maximum absolute atomic E-state index is 12.2. The van der Waals surface area contributed by atoms with Gasteiger partial charge in [0.05, 0.1) is 19.8 Å². The summed E-state index contributed by atoms with van der Waals surface area (Å²) in [5.74, 6) is 1.97. The highest BCUT2D eigenvalue weighted by molar-refractivity contribution is 6.01. The van der Waals surface area contributed by atoms with Gasteiger partial charge in [0.25, 0.3) is 0 Å². The number of ether oxygens (including phenoxy) is 1. The Morgan fingerprint density at radius 3 is 2.35 bits per heavy atom. The first-order chi connectivity index (χ1) is 12.5. The number of carbonyl (C=O) groups excluding carboxylic acids is 2. The SMILES string of the molecule is C#Cc1ccc(NC(=O)Nc2cc(COOC)cc(C(=O)OC)c2)cc1. The van der Waals surface area contributed by atoms with Gasteiger partial charge in [-0.3, -0.25) is 0 Å². The third-order valence-electron chi connectivity index (χ3n) is 3.32. The van der Waals surface area contributed by atoms with Crippen LogP contribution in [0, 0.1) is 12.3 Å². The van der Waals surface area contributed by atoms with Crippen LogP contribution in [0.15, 0.2) is 42.5 Å². The minimum absolute atomic E-state index is 0.102. The summed E-state index contributed by atoms with van der Waals surface area (Å²) in [6.07, 6.45) is 5.30. The zero-order valence-corrected chi connectivity index (χ0v) is 14.4. The number of nitrogens with one attached hydrogen (secondary N) is 2. The number of terminal acetylenes is 1. The van der Waals surface area contributed by atoms with Gasteiger partial charge in [0.2, 0.25) is 0 Å². The molecule has 0 radical (unpaired) electrons. The fourth-order valence-corrected chi connectivity index (χ4v) is 2.15. The normalized spacial score (nSPS) is 9.88. The summed E-state index contributed by atoms with van der Waals surface area (Å²) >= 11 is 0. The van der Waals surface area contributed by atoms with Gasteiger partial charge in [-0.25, -0.2) is 19.4 Å². The first-order valence-corrected chi connectivity index (χ1v) is 7.58. The molecule has 0 aliphatic carbocycles. The largest absolute Gasteiger partial charge is 0.465 e. The molecule has 0 bridgehead atoms. The van der Waals surface area contributed by atoms with Gasteiger partial charge in [0.15, 0.2) is 0 Å². The van der Waals surface area contributed by atoms with E-state index < -0.39 is 12.0 Å². The Bertz CT molecular complexity index is 825. The van der Waals surface area contributed by atoms with Crippen molar-refractivity contribution in [1.29, 1.82) is 0 Å². The molecule has 0 saturated heterocycles. The number of amides is 2. The molecule has 2 N–H and O–H groups in total. The molecule has 0 fully saturated rings. The van der Waals surface area contributed by atoms with E-state index in [2.05, 4.69) is 21.4 Å². The molecule has 0 atom stereocenters. The summed E-state index contributed by atoms with van der Waals surface area (Å²) in [5, 5.41) is 5.34. The number of hydrogen-bond acceptors (Lipinski definition) is 5. The first kappa shape index (κ1) is 19.0. The molecular formula is C19H18N2O5. The number of urea groups is 1. The number of carbonyl (C=O) groups is 2. The number of anilines is 2. The van der Waals surface area contributed by atoms with Gasteiger partial charge in [-0.2, -0.15) is 0 Å². The van der Waals surface area contributed by atoms with Gasteiger partial charge >= 0.3 is 12.0 Å². The fourth-order valence-electron chi connectivity index (χ4n) is 2.15. The number of benzene rings is 2. The fraction of sp³-hybridized carbons (Fsp3) is 0.158. The van der Waals surface area contributed by atoms with Gasteiger partial charge in [0, 0.05) is 16.9 Å². The molecule has 2 rings (SSSR count). The Morgan fingerprint density at radius 1 is 1.04 bits per heavy atom. The van der Waals surface area contributed by atoms with Crippen LogP contribution < -0.4 is 10.6 Å². The summed E-state index contributed by atoms with van der Waals surface area (Å²) < 4.78 is 4.72.